The summed E-state index contributed by atoms with van der Waals surface area (Å²) < 4.78 is 0. The van der Waals surface area contributed by atoms with E-state index in [-0.39, 0.29) is 0 Å². The van der Waals surface area contributed by atoms with Crippen molar-refractivity contribution in [3.05, 3.63) is 41.4 Å². The zero-order chi connectivity index (χ0) is 9.84. The van der Waals surface area contributed by atoms with E-state index < -0.39 is 0 Å². The summed E-state index contributed by atoms with van der Waals surface area (Å²) in [6.45, 7) is 9.99. The van der Waals surface area contributed by atoms with Gasteiger partial charge in [0.2, 0.25) is 0 Å². The molecule has 0 spiro atoms. The van der Waals surface area contributed by atoms with Crippen molar-refractivity contribution >= 4 is 6.08 Å². The number of pyridine rings is 1. The Morgan fingerprint density at radius 1 is 1.54 bits per heavy atom. The standard InChI is InChI=1S/C12H15N/c1-5-6-11-7-12(9(2)3)10(4)8-13-11/h6-9H,1H2,2-4H3. The first-order valence-corrected chi connectivity index (χ1v) is 4.47. The van der Waals surface area contributed by atoms with Crippen molar-refractivity contribution in [2.75, 3.05) is 0 Å². The molecule has 68 valence electrons. The monoisotopic (exact) mass is 173 g/mol. The second kappa shape index (κ2) is 4.06. The topological polar surface area (TPSA) is 12.9 Å². The van der Waals surface area contributed by atoms with Gasteiger partial charge in [0.25, 0.3) is 0 Å². The summed E-state index contributed by atoms with van der Waals surface area (Å²) in [5.41, 5.74) is 6.26. The third-order valence-corrected chi connectivity index (χ3v) is 2.04. The fraction of sp³-hybridized carbons (Fsp3) is 0.333. The van der Waals surface area contributed by atoms with Crippen LogP contribution in [0.2, 0.25) is 0 Å². The molecule has 0 aromatic carbocycles. The lowest BCUT2D eigenvalue weighted by molar-refractivity contribution is 0.850. The lowest BCUT2D eigenvalue weighted by atomic mass is 9.99. The van der Waals surface area contributed by atoms with Gasteiger partial charge >= 0.3 is 0 Å². The molecule has 0 fully saturated rings. The molecule has 0 unspecified atom stereocenters. The Bertz CT molecular complexity index is 344. The zero-order valence-corrected chi connectivity index (χ0v) is 8.46. The van der Waals surface area contributed by atoms with Crippen molar-refractivity contribution in [1.82, 2.24) is 4.98 Å². The molecular weight excluding hydrogens is 158 g/mol. The van der Waals surface area contributed by atoms with E-state index in [0.29, 0.717) is 5.92 Å². The molecule has 0 radical (unpaired) electrons. The van der Waals surface area contributed by atoms with E-state index >= 15 is 0 Å². The Balaban J connectivity index is 3.18. The third kappa shape index (κ3) is 2.30. The Hall–Kier alpha value is -1.33. The quantitative estimate of drug-likeness (QED) is 0.625. The van der Waals surface area contributed by atoms with E-state index in [1.807, 2.05) is 6.20 Å². The molecule has 1 heterocycles. The number of aromatic nitrogens is 1. The maximum atomic E-state index is 4.25. The van der Waals surface area contributed by atoms with Crippen molar-refractivity contribution in [3.8, 4) is 0 Å². The number of rotatable bonds is 2. The lowest BCUT2D eigenvalue weighted by Gasteiger charge is -2.09. The molecule has 0 saturated heterocycles. The minimum atomic E-state index is 0.542. The maximum absolute atomic E-state index is 4.25. The first kappa shape index (κ1) is 9.76. The summed E-state index contributed by atoms with van der Waals surface area (Å²) in [7, 11) is 0. The molecule has 0 bridgehead atoms. The van der Waals surface area contributed by atoms with Gasteiger partial charge in [-0.15, -0.1) is 5.73 Å². The number of nitrogens with zero attached hydrogens (tertiary/aromatic N) is 1. The molecule has 0 aliphatic heterocycles. The zero-order valence-electron chi connectivity index (χ0n) is 8.46. The van der Waals surface area contributed by atoms with Gasteiger partial charge < -0.3 is 0 Å². The van der Waals surface area contributed by atoms with Gasteiger partial charge in [0, 0.05) is 12.3 Å². The predicted octanol–water partition coefficient (Wildman–Crippen LogP) is 3.31. The minimum Gasteiger partial charge on any atom is -0.256 e. The molecular formula is C12H15N. The predicted molar refractivity (Wildman–Crippen MR) is 56.7 cm³/mol. The van der Waals surface area contributed by atoms with Gasteiger partial charge in [-0.25, -0.2) is 0 Å². The van der Waals surface area contributed by atoms with Gasteiger partial charge in [0.1, 0.15) is 0 Å². The normalized spacial score (nSPS) is 9.85. The van der Waals surface area contributed by atoms with Crippen molar-refractivity contribution < 1.29 is 0 Å². The first-order chi connectivity index (χ1) is 6.15. The number of aryl methyl sites for hydroxylation is 1. The van der Waals surface area contributed by atoms with Crippen LogP contribution in [-0.4, -0.2) is 4.98 Å². The summed E-state index contributed by atoms with van der Waals surface area (Å²) >= 11 is 0. The van der Waals surface area contributed by atoms with Crippen LogP contribution >= 0.6 is 0 Å². The van der Waals surface area contributed by atoms with Gasteiger partial charge in [0.15, 0.2) is 0 Å². The third-order valence-electron chi connectivity index (χ3n) is 2.04. The molecule has 1 nitrogen and oxygen atoms in total. The van der Waals surface area contributed by atoms with Gasteiger partial charge in [-0.2, -0.15) is 0 Å². The second-order valence-electron chi connectivity index (χ2n) is 3.47. The maximum Gasteiger partial charge on any atom is 0.0709 e. The Morgan fingerprint density at radius 2 is 2.23 bits per heavy atom. The molecule has 1 aromatic rings. The van der Waals surface area contributed by atoms with Crippen LogP contribution in [0.5, 0.6) is 0 Å². The largest absolute Gasteiger partial charge is 0.256 e. The van der Waals surface area contributed by atoms with Crippen LogP contribution in [0.1, 0.15) is 36.6 Å². The minimum absolute atomic E-state index is 0.542. The van der Waals surface area contributed by atoms with Crippen molar-refractivity contribution in [2.24, 2.45) is 0 Å². The number of hydrogen-bond donors (Lipinski definition) is 0. The molecule has 0 saturated carbocycles. The van der Waals surface area contributed by atoms with Crippen LogP contribution in [0.25, 0.3) is 6.08 Å². The van der Waals surface area contributed by atoms with Crippen LogP contribution in [-0.2, 0) is 0 Å². The Morgan fingerprint density at radius 3 is 2.77 bits per heavy atom. The van der Waals surface area contributed by atoms with E-state index in [1.54, 1.807) is 6.08 Å². The van der Waals surface area contributed by atoms with Crippen LogP contribution in [0, 0.1) is 6.92 Å². The average molecular weight is 173 g/mol. The van der Waals surface area contributed by atoms with Gasteiger partial charge in [0.05, 0.1) is 5.69 Å². The molecule has 0 atom stereocenters. The van der Waals surface area contributed by atoms with Crippen LogP contribution in [0.3, 0.4) is 0 Å². The highest BCUT2D eigenvalue weighted by atomic mass is 14.7. The molecule has 0 N–H and O–H groups in total. The van der Waals surface area contributed by atoms with E-state index in [9.17, 15) is 0 Å². The van der Waals surface area contributed by atoms with E-state index in [1.165, 1.54) is 11.1 Å². The number of hydrogen-bond acceptors (Lipinski definition) is 1. The van der Waals surface area contributed by atoms with Crippen molar-refractivity contribution in [3.63, 3.8) is 0 Å². The second-order valence-corrected chi connectivity index (χ2v) is 3.47. The molecule has 1 rings (SSSR count). The van der Waals surface area contributed by atoms with Crippen LogP contribution < -0.4 is 0 Å². The smallest absolute Gasteiger partial charge is 0.0709 e. The summed E-state index contributed by atoms with van der Waals surface area (Å²) in [5, 5.41) is 0. The van der Waals surface area contributed by atoms with E-state index in [0.717, 1.165) is 5.69 Å². The first-order valence-electron chi connectivity index (χ1n) is 4.47. The van der Waals surface area contributed by atoms with Crippen molar-refractivity contribution in [2.45, 2.75) is 26.7 Å². The van der Waals surface area contributed by atoms with Crippen LogP contribution in [0.4, 0.5) is 0 Å². The molecule has 1 aromatic heterocycles. The van der Waals surface area contributed by atoms with Gasteiger partial charge in [-0.1, -0.05) is 20.4 Å². The Labute approximate surface area is 79.8 Å². The highest BCUT2D eigenvalue weighted by molar-refractivity contribution is 5.46. The van der Waals surface area contributed by atoms with Gasteiger partial charge in [-0.3, -0.25) is 4.98 Å². The SMILES string of the molecule is C=C=Cc1cc(C(C)C)c(C)cn1. The summed E-state index contributed by atoms with van der Waals surface area (Å²) in [4.78, 5) is 4.25. The van der Waals surface area contributed by atoms with E-state index in [2.05, 4.69) is 44.1 Å². The average Bonchev–Trinajstić information content (AvgIpc) is 2.08. The molecule has 13 heavy (non-hydrogen) atoms. The summed E-state index contributed by atoms with van der Waals surface area (Å²) in [6, 6.07) is 2.10. The highest BCUT2D eigenvalue weighted by Gasteiger charge is 2.03. The summed E-state index contributed by atoms with van der Waals surface area (Å²) in [5.74, 6) is 0.542. The molecule has 0 aliphatic rings. The van der Waals surface area contributed by atoms with Gasteiger partial charge in [-0.05, 0) is 30.0 Å². The van der Waals surface area contributed by atoms with E-state index in [4.69, 9.17) is 0 Å². The fourth-order valence-corrected chi connectivity index (χ4v) is 1.36. The lowest BCUT2D eigenvalue weighted by Crippen LogP contribution is -1.94. The fourth-order valence-electron chi connectivity index (χ4n) is 1.36. The highest BCUT2D eigenvalue weighted by Crippen LogP contribution is 2.19. The molecule has 0 aliphatic carbocycles. The summed E-state index contributed by atoms with van der Waals surface area (Å²) in [6.07, 6.45) is 3.70. The Kier molecular flexibility index (Phi) is 3.05. The molecule has 0 amide bonds. The molecule has 1 heteroatoms. The van der Waals surface area contributed by atoms with Crippen molar-refractivity contribution in [1.29, 1.82) is 0 Å². The van der Waals surface area contributed by atoms with Crippen LogP contribution in [0.15, 0.2) is 24.6 Å².